The van der Waals surface area contributed by atoms with Gasteiger partial charge in [-0.15, -0.1) is 0 Å². The number of hydrogen-bond donors (Lipinski definition) is 0. The smallest absolute Gasteiger partial charge is 0.228 e. The van der Waals surface area contributed by atoms with Crippen LogP contribution in [0.4, 0.5) is 0 Å². The number of halogens is 1. The Balaban J connectivity index is 2.49. The summed E-state index contributed by atoms with van der Waals surface area (Å²) in [6, 6.07) is 5.87. The van der Waals surface area contributed by atoms with E-state index in [4.69, 9.17) is 4.74 Å². The molecule has 0 saturated heterocycles. The minimum absolute atomic E-state index is 0.00252. The molecule has 0 spiro atoms. The summed E-state index contributed by atoms with van der Waals surface area (Å²) >= 11 is 3.47. The fourth-order valence-electron chi connectivity index (χ4n) is 2.28. The Labute approximate surface area is 127 Å². The van der Waals surface area contributed by atoms with Gasteiger partial charge in [0.25, 0.3) is 0 Å². The van der Waals surface area contributed by atoms with Crippen molar-refractivity contribution in [3.63, 3.8) is 0 Å². The van der Waals surface area contributed by atoms with Crippen LogP contribution in [-0.2, 0) is 0 Å². The molecule has 2 aromatic rings. The Morgan fingerprint density at radius 2 is 2.10 bits per heavy atom. The second-order valence-electron chi connectivity index (χ2n) is 5.08. The minimum Gasteiger partial charge on any atom is -0.490 e. The maximum absolute atomic E-state index is 11.8. The summed E-state index contributed by atoms with van der Waals surface area (Å²) in [4.78, 5) is 13.9. The Kier molecular flexibility index (Phi) is 4.50. The number of benzene rings is 1. The van der Waals surface area contributed by atoms with Crippen LogP contribution in [-0.4, -0.2) is 42.6 Å². The maximum atomic E-state index is 11.8. The largest absolute Gasteiger partial charge is 0.490 e. The number of fused-ring (bicyclic) bond motifs is 1. The van der Waals surface area contributed by atoms with Gasteiger partial charge in [0.05, 0.1) is 11.2 Å². The third-order valence-corrected chi connectivity index (χ3v) is 3.70. The molecule has 0 N–H and O–H groups in total. The predicted molar refractivity (Wildman–Crippen MR) is 84.7 cm³/mol. The lowest BCUT2D eigenvalue weighted by atomic mass is 10.2. The van der Waals surface area contributed by atoms with E-state index in [0.29, 0.717) is 6.61 Å². The molecule has 1 heterocycles. The van der Waals surface area contributed by atoms with Crippen LogP contribution < -0.4 is 4.74 Å². The summed E-state index contributed by atoms with van der Waals surface area (Å²) in [6.45, 7) is 4.91. The molecule has 0 saturated carbocycles. The topological polar surface area (TPSA) is 34.5 Å². The molecule has 0 aliphatic carbocycles. The molecule has 2 rings (SSSR count). The lowest BCUT2D eigenvalue weighted by molar-refractivity contribution is 0.0938. The van der Waals surface area contributed by atoms with E-state index >= 15 is 0 Å². The monoisotopic (exact) mass is 338 g/mol. The number of ether oxygens (including phenoxy) is 1. The highest BCUT2D eigenvalue weighted by Crippen LogP contribution is 2.34. The van der Waals surface area contributed by atoms with Crippen molar-refractivity contribution in [3.8, 4) is 5.75 Å². The summed E-state index contributed by atoms with van der Waals surface area (Å²) in [6.07, 6.45) is 0. The van der Waals surface area contributed by atoms with Gasteiger partial charge in [0, 0.05) is 23.3 Å². The molecule has 0 aliphatic rings. The molecular formula is C15H19BrN2O2. The first-order valence-corrected chi connectivity index (χ1v) is 7.30. The fraction of sp³-hybridized carbons (Fsp3) is 0.400. The van der Waals surface area contributed by atoms with Crippen LogP contribution in [0.2, 0.25) is 0 Å². The predicted octanol–water partition coefficient (Wildman–Crippen LogP) is 3.31. The number of likely N-dealkylation sites (N-methyl/N-ethyl adjacent to an activating group) is 1. The minimum atomic E-state index is -0.00252. The molecule has 0 amide bonds. The molecule has 108 valence electrons. The maximum Gasteiger partial charge on any atom is 0.228 e. The number of carbonyl (C=O) groups excluding carboxylic acids is 1. The first kappa shape index (κ1) is 15.1. The van der Waals surface area contributed by atoms with Crippen LogP contribution in [0.3, 0.4) is 0 Å². The van der Waals surface area contributed by atoms with E-state index in [9.17, 15) is 4.79 Å². The summed E-state index contributed by atoms with van der Waals surface area (Å²) in [5.74, 6) is 0.788. The first-order chi connectivity index (χ1) is 9.41. The van der Waals surface area contributed by atoms with Crippen LogP contribution in [0.25, 0.3) is 10.9 Å². The molecule has 0 radical (unpaired) electrons. The zero-order valence-corrected chi connectivity index (χ0v) is 13.8. The van der Waals surface area contributed by atoms with Crippen LogP contribution in [0, 0.1) is 6.92 Å². The molecule has 0 bridgehead atoms. The quantitative estimate of drug-likeness (QED) is 0.857. The summed E-state index contributed by atoms with van der Waals surface area (Å²) < 4.78 is 8.59. The van der Waals surface area contributed by atoms with Gasteiger partial charge in [0.15, 0.2) is 0 Å². The highest BCUT2D eigenvalue weighted by atomic mass is 79.9. The summed E-state index contributed by atoms with van der Waals surface area (Å²) in [5, 5.41) is 0.964. The zero-order chi connectivity index (χ0) is 14.9. The molecule has 20 heavy (non-hydrogen) atoms. The zero-order valence-electron chi connectivity index (χ0n) is 12.2. The summed E-state index contributed by atoms with van der Waals surface area (Å²) in [7, 11) is 4.01. The number of carbonyl (C=O) groups is 1. The second-order valence-corrected chi connectivity index (χ2v) is 6.00. The van der Waals surface area contributed by atoms with E-state index in [1.54, 1.807) is 11.5 Å². The van der Waals surface area contributed by atoms with Gasteiger partial charge in [-0.05, 0) is 39.2 Å². The third-order valence-electron chi connectivity index (χ3n) is 3.21. The normalized spacial score (nSPS) is 11.3. The van der Waals surface area contributed by atoms with Gasteiger partial charge in [0.2, 0.25) is 5.91 Å². The van der Waals surface area contributed by atoms with E-state index < -0.39 is 0 Å². The molecule has 5 heteroatoms. The summed E-state index contributed by atoms with van der Waals surface area (Å²) in [5.41, 5.74) is 1.74. The van der Waals surface area contributed by atoms with E-state index in [1.807, 2.05) is 39.2 Å². The van der Waals surface area contributed by atoms with Crippen molar-refractivity contribution in [2.45, 2.75) is 13.8 Å². The van der Waals surface area contributed by atoms with Crippen molar-refractivity contribution in [2.24, 2.45) is 0 Å². The standard InChI is InChI=1S/C15H19BrN2O2/c1-10-15(20-8-7-17(3)4)13-9-12(16)5-6-14(13)18(10)11(2)19/h5-6,9H,7-8H2,1-4H3. The van der Waals surface area contributed by atoms with Gasteiger partial charge in [-0.1, -0.05) is 15.9 Å². The first-order valence-electron chi connectivity index (χ1n) is 6.51. The van der Waals surface area contributed by atoms with Gasteiger partial charge in [0.1, 0.15) is 12.4 Å². The van der Waals surface area contributed by atoms with Crippen molar-refractivity contribution in [2.75, 3.05) is 27.2 Å². The highest BCUT2D eigenvalue weighted by molar-refractivity contribution is 9.10. The Bertz CT molecular complexity index is 647. The van der Waals surface area contributed by atoms with E-state index in [-0.39, 0.29) is 5.91 Å². The van der Waals surface area contributed by atoms with Crippen LogP contribution >= 0.6 is 15.9 Å². The van der Waals surface area contributed by atoms with Crippen LogP contribution in [0.1, 0.15) is 17.4 Å². The van der Waals surface area contributed by atoms with E-state index in [1.165, 1.54) is 0 Å². The third kappa shape index (κ3) is 2.88. The SMILES string of the molecule is CC(=O)n1c(C)c(OCCN(C)C)c2cc(Br)ccc21. The Morgan fingerprint density at radius 1 is 1.40 bits per heavy atom. The number of aromatic nitrogens is 1. The molecule has 4 nitrogen and oxygen atoms in total. The number of nitrogens with zero attached hydrogens (tertiary/aromatic N) is 2. The van der Waals surface area contributed by atoms with Gasteiger partial charge < -0.3 is 9.64 Å². The second kappa shape index (κ2) is 5.97. The number of rotatable bonds is 4. The molecular weight excluding hydrogens is 320 g/mol. The van der Waals surface area contributed by atoms with Crippen LogP contribution in [0.5, 0.6) is 5.75 Å². The van der Waals surface area contributed by atoms with Crippen molar-refractivity contribution < 1.29 is 9.53 Å². The lowest BCUT2D eigenvalue weighted by Crippen LogP contribution is -2.19. The molecule has 0 unspecified atom stereocenters. The van der Waals surface area contributed by atoms with Crippen LogP contribution in [0.15, 0.2) is 22.7 Å². The van der Waals surface area contributed by atoms with Gasteiger partial charge in [-0.25, -0.2) is 0 Å². The van der Waals surface area contributed by atoms with E-state index in [0.717, 1.165) is 33.4 Å². The number of hydrogen-bond acceptors (Lipinski definition) is 3. The fourth-order valence-corrected chi connectivity index (χ4v) is 2.64. The van der Waals surface area contributed by atoms with Crippen molar-refractivity contribution in [1.82, 2.24) is 9.47 Å². The average Bonchev–Trinajstić information content (AvgIpc) is 2.61. The molecule has 0 fully saturated rings. The molecule has 0 aliphatic heterocycles. The lowest BCUT2D eigenvalue weighted by Gasteiger charge is -2.11. The molecule has 1 aromatic heterocycles. The Hall–Kier alpha value is -1.33. The van der Waals surface area contributed by atoms with Crippen molar-refractivity contribution in [3.05, 3.63) is 28.4 Å². The van der Waals surface area contributed by atoms with E-state index in [2.05, 4.69) is 20.8 Å². The van der Waals surface area contributed by atoms with Crippen molar-refractivity contribution >= 4 is 32.7 Å². The average molecular weight is 339 g/mol. The van der Waals surface area contributed by atoms with Gasteiger partial charge in [-0.2, -0.15) is 0 Å². The van der Waals surface area contributed by atoms with Gasteiger partial charge >= 0.3 is 0 Å². The van der Waals surface area contributed by atoms with Gasteiger partial charge in [-0.3, -0.25) is 9.36 Å². The Morgan fingerprint density at radius 3 is 2.70 bits per heavy atom. The molecule has 1 aromatic carbocycles. The van der Waals surface area contributed by atoms with Crippen molar-refractivity contribution in [1.29, 1.82) is 0 Å². The highest BCUT2D eigenvalue weighted by Gasteiger charge is 2.17. The molecule has 0 atom stereocenters.